The summed E-state index contributed by atoms with van der Waals surface area (Å²) in [5.41, 5.74) is 8.62. The quantitative estimate of drug-likeness (QED) is 0.840. The minimum atomic E-state index is 0.305. The largest absolute Gasteiger partial charge is 0.329 e. The van der Waals surface area contributed by atoms with Gasteiger partial charge in [0.2, 0.25) is 0 Å². The van der Waals surface area contributed by atoms with Crippen molar-refractivity contribution in [3.63, 3.8) is 0 Å². The maximum Gasteiger partial charge on any atom is 0.0491 e. The average Bonchev–Trinajstić information content (AvgIpc) is 3.14. The second-order valence-electron chi connectivity index (χ2n) is 5.72. The van der Waals surface area contributed by atoms with Crippen LogP contribution in [-0.4, -0.2) is 29.0 Å². The molecular formula is C15H25N3. The number of aryl methyl sites for hydroxylation is 1. The minimum absolute atomic E-state index is 0.305. The highest BCUT2D eigenvalue weighted by molar-refractivity contribution is 5.25. The molecule has 1 unspecified atom stereocenters. The maximum absolute atomic E-state index is 6.04. The van der Waals surface area contributed by atoms with E-state index in [1.54, 1.807) is 0 Å². The molecule has 0 bridgehead atoms. The van der Waals surface area contributed by atoms with E-state index in [1.165, 1.54) is 30.5 Å². The lowest BCUT2D eigenvalue weighted by Crippen LogP contribution is -2.40. The van der Waals surface area contributed by atoms with Crippen LogP contribution < -0.4 is 5.73 Å². The Bertz CT molecular complexity index is 385. The first-order valence-electron chi connectivity index (χ1n) is 6.99. The van der Waals surface area contributed by atoms with Crippen molar-refractivity contribution in [3.8, 4) is 0 Å². The summed E-state index contributed by atoms with van der Waals surface area (Å²) < 4.78 is 0. The van der Waals surface area contributed by atoms with Crippen molar-refractivity contribution < 1.29 is 0 Å². The molecule has 0 radical (unpaired) electrons. The second-order valence-corrected chi connectivity index (χ2v) is 5.72. The highest BCUT2D eigenvalue weighted by Crippen LogP contribution is 2.34. The van der Waals surface area contributed by atoms with Gasteiger partial charge in [-0.2, -0.15) is 0 Å². The van der Waals surface area contributed by atoms with Gasteiger partial charge in [-0.05, 0) is 56.7 Å². The SMILES string of the molecule is Cc1ccncc1C(CN)N(CC1CC1)C(C)C. The van der Waals surface area contributed by atoms with Crippen LogP contribution in [-0.2, 0) is 0 Å². The van der Waals surface area contributed by atoms with Crippen molar-refractivity contribution in [1.82, 2.24) is 9.88 Å². The fraction of sp³-hybridized carbons (Fsp3) is 0.667. The van der Waals surface area contributed by atoms with E-state index in [4.69, 9.17) is 5.73 Å². The number of nitrogens with zero attached hydrogens (tertiary/aromatic N) is 2. The number of hydrogen-bond acceptors (Lipinski definition) is 3. The van der Waals surface area contributed by atoms with E-state index in [-0.39, 0.29) is 0 Å². The zero-order chi connectivity index (χ0) is 13.1. The molecule has 0 aliphatic heterocycles. The summed E-state index contributed by atoms with van der Waals surface area (Å²) in [6.07, 6.45) is 6.60. The first-order chi connectivity index (χ1) is 8.63. The molecule has 1 aliphatic carbocycles. The van der Waals surface area contributed by atoms with Crippen LogP contribution in [0.4, 0.5) is 0 Å². The predicted molar refractivity (Wildman–Crippen MR) is 75.3 cm³/mol. The molecule has 18 heavy (non-hydrogen) atoms. The number of pyridine rings is 1. The van der Waals surface area contributed by atoms with Crippen LogP contribution in [0.15, 0.2) is 18.5 Å². The number of aromatic nitrogens is 1. The molecule has 1 atom stereocenters. The Morgan fingerprint density at radius 1 is 1.44 bits per heavy atom. The molecule has 1 aromatic heterocycles. The van der Waals surface area contributed by atoms with E-state index < -0.39 is 0 Å². The third-order valence-electron chi connectivity index (χ3n) is 3.89. The lowest BCUT2D eigenvalue weighted by Gasteiger charge is -2.35. The molecule has 3 heteroatoms. The molecule has 0 amide bonds. The van der Waals surface area contributed by atoms with Crippen molar-refractivity contribution in [2.24, 2.45) is 11.7 Å². The fourth-order valence-electron chi connectivity index (χ4n) is 2.56. The van der Waals surface area contributed by atoms with Crippen molar-refractivity contribution in [1.29, 1.82) is 0 Å². The van der Waals surface area contributed by atoms with Gasteiger partial charge in [0.05, 0.1) is 0 Å². The Hall–Kier alpha value is -0.930. The smallest absolute Gasteiger partial charge is 0.0491 e. The number of hydrogen-bond donors (Lipinski definition) is 1. The molecule has 0 aromatic carbocycles. The highest BCUT2D eigenvalue weighted by atomic mass is 15.2. The van der Waals surface area contributed by atoms with Gasteiger partial charge >= 0.3 is 0 Å². The van der Waals surface area contributed by atoms with E-state index in [9.17, 15) is 0 Å². The first-order valence-corrected chi connectivity index (χ1v) is 6.99. The van der Waals surface area contributed by atoms with Gasteiger partial charge in [-0.25, -0.2) is 0 Å². The number of rotatable bonds is 6. The molecular weight excluding hydrogens is 222 g/mol. The van der Waals surface area contributed by atoms with Crippen molar-refractivity contribution in [2.45, 2.75) is 45.7 Å². The minimum Gasteiger partial charge on any atom is -0.329 e. The van der Waals surface area contributed by atoms with Crippen LogP contribution in [0.5, 0.6) is 0 Å². The first kappa shape index (κ1) is 13.5. The van der Waals surface area contributed by atoms with Crippen molar-refractivity contribution in [3.05, 3.63) is 29.6 Å². The molecule has 0 spiro atoms. The van der Waals surface area contributed by atoms with Gasteiger partial charge in [-0.15, -0.1) is 0 Å². The van der Waals surface area contributed by atoms with Gasteiger partial charge < -0.3 is 5.73 Å². The van der Waals surface area contributed by atoms with E-state index in [0.717, 1.165) is 5.92 Å². The van der Waals surface area contributed by atoms with Crippen molar-refractivity contribution in [2.75, 3.05) is 13.1 Å². The molecule has 2 rings (SSSR count). The Balaban J connectivity index is 2.21. The monoisotopic (exact) mass is 247 g/mol. The van der Waals surface area contributed by atoms with E-state index in [1.807, 2.05) is 12.4 Å². The zero-order valence-corrected chi connectivity index (χ0v) is 11.8. The van der Waals surface area contributed by atoms with E-state index >= 15 is 0 Å². The molecule has 2 N–H and O–H groups in total. The standard InChI is InChI=1S/C15H25N3/c1-11(2)18(10-13-4-5-13)15(8-16)14-9-17-7-6-12(14)3/h6-7,9,11,13,15H,4-5,8,10,16H2,1-3H3. The lowest BCUT2D eigenvalue weighted by molar-refractivity contribution is 0.149. The molecule has 1 saturated carbocycles. The van der Waals surface area contributed by atoms with Crippen LogP contribution in [0.3, 0.4) is 0 Å². The molecule has 1 aliphatic rings. The molecule has 1 aromatic rings. The van der Waals surface area contributed by atoms with E-state index in [0.29, 0.717) is 18.6 Å². The molecule has 1 fully saturated rings. The fourth-order valence-corrected chi connectivity index (χ4v) is 2.56. The van der Waals surface area contributed by atoms with Gasteiger partial charge in [-0.1, -0.05) is 0 Å². The van der Waals surface area contributed by atoms with Gasteiger partial charge in [0.1, 0.15) is 0 Å². The average molecular weight is 247 g/mol. The maximum atomic E-state index is 6.04. The summed E-state index contributed by atoms with van der Waals surface area (Å²) in [5, 5.41) is 0. The number of nitrogens with two attached hydrogens (primary N) is 1. The normalized spacial score (nSPS) is 17.4. The van der Waals surface area contributed by atoms with E-state index in [2.05, 4.69) is 36.7 Å². The van der Waals surface area contributed by atoms with Gasteiger partial charge in [0, 0.05) is 37.6 Å². The van der Waals surface area contributed by atoms with Crippen LogP contribution in [0, 0.1) is 12.8 Å². The third kappa shape index (κ3) is 3.09. The molecule has 1 heterocycles. The Labute approximate surface area is 110 Å². The predicted octanol–water partition coefficient (Wildman–Crippen LogP) is 2.51. The summed E-state index contributed by atoms with van der Waals surface area (Å²) in [4.78, 5) is 6.81. The second kappa shape index (κ2) is 5.81. The highest BCUT2D eigenvalue weighted by Gasteiger charge is 2.30. The van der Waals surface area contributed by atoms with Crippen LogP contribution >= 0.6 is 0 Å². The van der Waals surface area contributed by atoms with Crippen LogP contribution in [0.2, 0.25) is 0 Å². The summed E-state index contributed by atoms with van der Waals surface area (Å²) in [7, 11) is 0. The van der Waals surface area contributed by atoms with Crippen molar-refractivity contribution >= 4 is 0 Å². The zero-order valence-electron chi connectivity index (χ0n) is 11.8. The Kier molecular flexibility index (Phi) is 4.36. The summed E-state index contributed by atoms with van der Waals surface area (Å²) in [5.74, 6) is 0.887. The Morgan fingerprint density at radius 3 is 2.67 bits per heavy atom. The third-order valence-corrected chi connectivity index (χ3v) is 3.89. The molecule has 100 valence electrons. The van der Waals surface area contributed by atoms with Crippen LogP contribution in [0.1, 0.15) is 43.9 Å². The summed E-state index contributed by atoms with van der Waals surface area (Å²) in [6.45, 7) is 8.51. The summed E-state index contributed by atoms with van der Waals surface area (Å²) >= 11 is 0. The van der Waals surface area contributed by atoms with Gasteiger partial charge in [-0.3, -0.25) is 9.88 Å². The topological polar surface area (TPSA) is 42.1 Å². The van der Waals surface area contributed by atoms with Crippen LogP contribution in [0.25, 0.3) is 0 Å². The summed E-state index contributed by atoms with van der Waals surface area (Å²) in [6, 6.07) is 2.91. The van der Waals surface area contributed by atoms with Gasteiger partial charge in [0.15, 0.2) is 0 Å². The molecule has 0 saturated heterocycles. The molecule has 3 nitrogen and oxygen atoms in total. The van der Waals surface area contributed by atoms with Gasteiger partial charge in [0.25, 0.3) is 0 Å². The Morgan fingerprint density at radius 2 is 2.17 bits per heavy atom. The lowest BCUT2D eigenvalue weighted by atomic mass is 10.0.